The molecule has 0 aliphatic carbocycles. The van der Waals surface area contributed by atoms with Crippen LogP contribution in [0.4, 0.5) is 0 Å². The molecule has 0 fully saturated rings. The first-order chi connectivity index (χ1) is 12.6. The predicted octanol–water partition coefficient (Wildman–Crippen LogP) is 2.92. The van der Waals surface area contributed by atoms with Crippen molar-refractivity contribution in [2.75, 3.05) is 11.8 Å². The van der Waals surface area contributed by atoms with Gasteiger partial charge in [-0.1, -0.05) is 60.7 Å². The molecule has 0 saturated carbocycles. The maximum atomic E-state index is 12.2. The molecule has 2 unspecified atom stereocenters. The zero-order valence-corrected chi connectivity index (χ0v) is 15.8. The largest absolute Gasteiger partial charge is 0.344 e. The van der Waals surface area contributed by atoms with Crippen LogP contribution in [0.25, 0.3) is 0 Å². The highest BCUT2D eigenvalue weighted by molar-refractivity contribution is 6.35. The number of carbonyl (C=O) groups is 2. The van der Waals surface area contributed by atoms with Crippen LogP contribution in [-0.4, -0.2) is 35.7 Å². The minimum Gasteiger partial charge on any atom is -0.344 e. The highest BCUT2D eigenvalue weighted by atomic mass is 35.5. The van der Waals surface area contributed by atoms with Gasteiger partial charge in [0.25, 0.3) is 0 Å². The van der Waals surface area contributed by atoms with Crippen LogP contribution in [0.1, 0.15) is 11.1 Å². The van der Waals surface area contributed by atoms with Crippen molar-refractivity contribution in [3.63, 3.8) is 0 Å². The van der Waals surface area contributed by atoms with E-state index in [4.69, 9.17) is 23.2 Å². The van der Waals surface area contributed by atoms with E-state index < -0.39 is 11.8 Å². The van der Waals surface area contributed by atoms with Gasteiger partial charge in [-0.15, -0.1) is 23.2 Å². The third-order valence-corrected chi connectivity index (χ3v) is 4.64. The first-order valence-electron chi connectivity index (χ1n) is 8.43. The van der Waals surface area contributed by atoms with Crippen molar-refractivity contribution in [2.45, 2.75) is 24.9 Å². The molecular weight excluding hydrogens is 371 g/mol. The normalized spacial score (nSPS) is 12.8. The lowest BCUT2D eigenvalue weighted by Gasteiger charge is -2.19. The van der Waals surface area contributed by atoms with Crippen molar-refractivity contribution in [3.05, 3.63) is 71.8 Å². The molecule has 2 amide bonds. The summed E-state index contributed by atoms with van der Waals surface area (Å²) in [6.45, 7) is 0. The zero-order valence-electron chi connectivity index (χ0n) is 14.3. The van der Waals surface area contributed by atoms with E-state index in [-0.39, 0.29) is 23.8 Å². The molecule has 0 aliphatic heterocycles. The Kier molecular flexibility index (Phi) is 8.45. The average molecular weight is 393 g/mol. The van der Waals surface area contributed by atoms with Gasteiger partial charge in [0.05, 0.1) is 0 Å². The third-order valence-electron chi connectivity index (χ3n) is 3.90. The van der Waals surface area contributed by atoms with Crippen molar-refractivity contribution in [2.24, 2.45) is 0 Å². The second kappa shape index (κ2) is 10.8. The van der Waals surface area contributed by atoms with Gasteiger partial charge in [-0.05, 0) is 24.0 Å². The van der Waals surface area contributed by atoms with E-state index in [0.29, 0.717) is 12.8 Å². The Morgan fingerprint density at radius 2 is 1.04 bits per heavy atom. The molecule has 0 aromatic heterocycles. The van der Waals surface area contributed by atoms with Gasteiger partial charge in [0.1, 0.15) is 0 Å². The van der Waals surface area contributed by atoms with Crippen LogP contribution in [0.15, 0.2) is 60.7 Å². The molecule has 2 N–H and O–H groups in total. The monoisotopic (exact) mass is 392 g/mol. The van der Waals surface area contributed by atoms with E-state index in [0.717, 1.165) is 11.1 Å². The molecule has 2 aromatic carbocycles. The van der Waals surface area contributed by atoms with E-state index >= 15 is 0 Å². The molecule has 0 heterocycles. The fraction of sp³-hybridized carbons (Fsp3) is 0.300. The van der Waals surface area contributed by atoms with Crippen molar-refractivity contribution in [1.82, 2.24) is 10.6 Å². The van der Waals surface area contributed by atoms with Crippen LogP contribution in [0, 0.1) is 0 Å². The van der Waals surface area contributed by atoms with Crippen LogP contribution in [-0.2, 0) is 22.4 Å². The number of hydrogen-bond acceptors (Lipinski definition) is 2. The van der Waals surface area contributed by atoms with Crippen LogP contribution < -0.4 is 10.6 Å². The lowest BCUT2D eigenvalue weighted by atomic mass is 10.1. The van der Waals surface area contributed by atoms with Crippen LogP contribution in [0.3, 0.4) is 0 Å². The van der Waals surface area contributed by atoms with E-state index in [1.54, 1.807) is 0 Å². The summed E-state index contributed by atoms with van der Waals surface area (Å²) >= 11 is 11.9. The second-order valence-corrected chi connectivity index (χ2v) is 6.65. The summed E-state index contributed by atoms with van der Waals surface area (Å²) < 4.78 is 0. The summed E-state index contributed by atoms with van der Waals surface area (Å²) in [5, 5.41) is 5.36. The molecule has 2 aromatic rings. The van der Waals surface area contributed by atoms with E-state index in [1.165, 1.54) is 0 Å². The summed E-state index contributed by atoms with van der Waals surface area (Å²) in [6.07, 6.45) is 1.12. The first kappa shape index (κ1) is 20.3. The molecule has 4 nitrogen and oxygen atoms in total. The Morgan fingerprint density at radius 3 is 1.35 bits per heavy atom. The molecule has 2 atom stereocenters. The number of rotatable bonds is 8. The number of hydrogen-bond donors (Lipinski definition) is 2. The van der Waals surface area contributed by atoms with Gasteiger partial charge in [0.2, 0.25) is 0 Å². The summed E-state index contributed by atoms with van der Waals surface area (Å²) in [4.78, 5) is 24.4. The number of alkyl halides is 2. The molecule has 0 radical (unpaired) electrons. The van der Waals surface area contributed by atoms with Gasteiger partial charge in [-0.2, -0.15) is 0 Å². The average Bonchev–Trinajstić information content (AvgIpc) is 2.68. The Morgan fingerprint density at radius 1 is 0.692 bits per heavy atom. The number of halogens is 2. The number of amides is 2. The lowest BCUT2D eigenvalue weighted by molar-refractivity contribution is -0.139. The summed E-state index contributed by atoms with van der Waals surface area (Å²) in [5.41, 5.74) is 2.09. The molecule has 0 bridgehead atoms. The minimum absolute atomic E-state index is 0.219. The Labute approximate surface area is 163 Å². The van der Waals surface area contributed by atoms with Gasteiger partial charge >= 0.3 is 11.8 Å². The van der Waals surface area contributed by atoms with E-state index in [1.807, 2.05) is 60.7 Å². The molecular formula is C20H22Cl2N2O2. The van der Waals surface area contributed by atoms with Crippen molar-refractivity contribution in [3.8, 4) is 0 Å². The molecule has 2 rings (SSSR count). The fourth-order valence-corrected chi connectivity index (χ4v) is 2.96. The maximum Gasteiger partial charge on any atom is 0.309 e. The first-order valence-corrected chi connectivity index (χ1v) is 9.50. The molecule has 138 valence electrons. The fourth-order valence-electron chi connectivity index (χ4n) is 2.59. The van der Waals surface area contributed by atoms with Crippen molar-refractivity contribution < 1.29 is 9.59 Å². The van der Waals surface area contributed by atoms with Crippen molar-refractivity contribution >= 4 is 35.0 Å². The summed E-state index contributed by atoms with van der Waals surface area (Å²) in [7, 11) is 0. The van der Waals surface area contributed by atoms with Crippen molar-refractivity contribution in [1.29, 1.82) is 0 Å². The highest BCUT2D eigenvalue weighted by Crippen LogP contribution is 2.06. The van der Waals surface area contributed by atoms with Crippen LogP contribution in [0.5, 0.6) is 0 Å². The number of benzene rings is 2. The van der Waals surface area contributed by atoms with Gasteiger partial charge < -0.3 is 10.6 Å². The van der Waals surface area contributed by atoms with Gasteiger partial charge in [0.15, 0.2) is 0 Å². The highest BCUT2D eigenvalue weighted by Gasteiger charge is 2.21. The maximum absolute atomic E-state index is 12.2. The standard InChI is InChI=1S/C20H22Cl2N2O2/c21-13-17(11-15-7-3-1-4-8-15)23-19(25)20(26)24-18(14-22)12-16-9-5-2-6-10-16/h1-10,17-18H,11-14H2,(H,23,25)(H,24,26). The topological polar surface area (TPSA) is 58.2 Å². The molecule has 26 heavy (non-hydrogen) atoms. The molecule has 0 aliphatic rings. The zero-order chi connectivity index (χ0) is 18.8. The van der Waals surface area contributed by atoms with Gasteiger partial charge in [0, 0.05) is 23.8 Å². The summed E-state index contributed by atoms with van der Waals surface area (Å²) in [5.74, 6) is -0.960. The predicted molar refractivity (Wildman–Crippen MR) is 106 cm³/mol. The Balaban J connectivity index is 1.87. The lowest BCUT2D eigenvalue weighted by Crippen LogP contribution is -2.49. The smallest absolute Gasteiger partial charge is 0.309 e. The molecule has 6 heteroatoms. The van der Waals surface area contributed by atoms with Crippen LogP contribution in [0.2, 0.25) is 0 Å². The van der Waals surface area contributed by atoms with Gasteiger partial charge in [-0.25, -0.2) is 0 Å². The SMILES string of the molecule is O=C(NC(CCl)Cc1ccccc1)C(=O)NC(CCl)Cc1ccccc1. The molecule has 0 saturated heterocycles. The number of carbonyl (C=O) groups excluding carboxylic acids is 2. The second-order valence-electron chi connectivity index (χ2n) is 6.03. The number of nitrogens with one attached hydrogen (secondary N) is 2. The summed E-state index contributed by atoms with van der Waals surface area (Å²) in [6, 6.07) is 18.7. The van der Waals surface area contributed by atoms with E-state index in [2.05, 4.69) is 10.6 Å². The third kappa shape index (κ3) is 6.70. The Bertz CT molecular complexity index is 634. The minimum atomic E-state index is -0.699. The Hall–Kier alpha value is -2.04. The quantitative estimate of drug-likeness (QED) is 0.535. The van der Waals surface area contributed by atoms with E-state index in [9.17, 15) is 9.59 Å². The van der Waals surface area contributed by atoms with Crippen LogP contribution >= 0.6 is 23.2 Å². The molecule has 0 spiro atoms. The van der Waals surface area contributed by atoms with Gasteiger partial charge in [-0.3, -0.25) is 9.59 Å².